The van der Waals surface area contributed by atoms with Crippen LogP contribution in [0.1, 0.15) is 47.9 Å². The summed E-state index contributed by atoms with van der Waals surface area (Å²) in [6, 6.07) is 7.91. The van der Waals surface area contributed by atoms with Crippen LogP contribution in [-0.2, 0) is 6.54 Å². The van der Waals surface area contributed by atoms with Crippen molar-refractivity contribution in [3.05, 3.63) is 60.0 Å². The molecule has 2 N–H and O–H groups in total. The first-order valence-electron chi connectivity index (χ1n) is 9.66. The van der Waals surface area contributed by atoms with Crippen LogP contribution in [0.25, 0.3) is 0 Å². The van der Waals surface area contributed by atoms with E-state index in [1.54, 1.807) is 35.1 Å². The van der Waals surface area contributed by atoms with Gasteiger partial charge in [0, 0.05) is 25.2 Å². The van der Waals surface area contributed by atoms with Crippen LogP contribution >= 0.6 is 0 Å². The van der Waals surface area contributed by atoms with Crippen LogP contribution in [-0.4, -0.2) is 31.6 Å². The lowest BCUT2D eigenvalue weighted by Gasteiger charge is -2.33. The maximum absolute atomic E-state index is 13.7. The number of alkyl halides is 3. The van der Waals surface area contributed by atoms with Crippen LogP contribution in [0.4, 0.5) is 24.7 Å². The predicted octanol–water partition coefficient (Wildman–Crippen LogP) is 4.40. The summed E-state index contributed by atoms with van der Waals surface area (Å²) in [4.78, 5) is 12.6. The lowest BCUT2D eigenvalue weighted by atomic mass is 9.97. The summed E-state index contributed by atoms with van der Waals surface area (Å²) in [5.41, 5.74) is 1.11. The third-order valence-corrected chi connectivity index (χ3v) is 4.97. The molecule has 1 aliphatic heterocycles. The van der Waals surface area contributed by atoms with Gasteiger partial charge in [-0.15, -0.1) is 0 Å². The number of aromatic nitrogens is 4. The predicted molar refractivity (Wildman–Crippen MR) is 105 cm³/mol. The Morgan fingerprint density at radius 2 is 2.07 bits per heavy atom. The molecule has 2 aromatic heterocycles. The molecule has 0 saturated carbocycles. The molecule has 10 heteroatoms. The molecule has 0 aliphatic carbocycles. The number of halogens is 3. The van der Waals surface area contributed by atoms with Crippen LogP contribution in [0, 0.1) is 0 Å². The van der Waals surface area contributed by atoms with E-state index in [1.807, 2.05) is 13.0 Å². The van der Waals surface area contributed by atoms with Crippen molar-refractivity contribution in [2.45, 2.75) is 44.6 Å². The number of aryl methyl sites for hydroxylation is 1. The van der Waals surface area contributed by atoms with Gasteiger partial charge in [-0.1, -0.05) is 37.3 Å². The van der Waals surface area contributed by atoms with Gasteiger partial charge in [0.15, 0.2) is 11.7 Å². The summed E-state index contributed by atoms with van der Waals surface area (Å²) in [6.07, 6.45) is -0.667. The van der Waals surface area contributed by atoms with E-state index in [9.17, 15) is 18.0 Å². The number of carbonyl (C=O) groups is 1. The molecule has 0 saturated heterocycles. The summed E-state index contributed by atoms with van der Waals surface area (Å²) in [6.45, 7) is 2.70. The number of carbonyl (C=O) groups excluding carboxylic acids is 1. The second-order valence-electron chi connectivity index (χ2n) is 7.21. The fraction of sp³-hybridized carbons (Fsp3) is 0.350. The minimum absolute atomic E-state index is 0.0938. The third kappa shape index (κ3) is 4.03. The summed E-state index contributed by atoms with van der Waals surface area (Å²) < 4.78 is 43.8. The Hall–Kier alpha value is -3.30. The van der Waals surface area contributed by atoms with E-state index in [-0.39, 0.29) is 17.9 Å². The average Bonchev–Trinajstić information content (AvgIpc) is 3.34. The van der Waals surface area contributed by atoms with Gasteiger partial charge in [0.05, 0.1) is 17.9 Å². The highest BCUT2D eigenvalue weighted by Gasteiger charge is 2.46. The average molecular weight is 418 g/mol. The normalized spacial score (nSPS) is 18.5. The standard InChI is InChI=1S/C20H21F3N6O/c1-2-8-28-12-14(11-24-28)25-19(30)16-10-18-26-15(13-6-4-3-5-7-13)9-17(20(21,22)23)29(18)27-16/h3-7,10-12,15,17,26H,2,8-9H2,1H3,(H,25,30)/t15-,17-/m0/s1. The Bertz CT molecular complexity index is 1030. The molecule has 2 atom stereocenters. The van der Waals surface area contributed by atoms with Crippen molar-refractivity contribution in [1.29, 1.82) is 0 Å². The van der Waals surface area contributed by atoms with Crippen LogP contribution < -0.4 is 10.6 Å². The highest BCUT2D eigenvalue weighted by molar-refractivity contribution is 6.03. The number of benzene rings is 1. The van der Waals surface area contributed by atoms with Gasteiger partial charge in [0.2, 0.25) is 0 Å². The molecular weight excluding hydrogens is 397 g/mol. The van der Waals surface area contributed by atoms with Crippen molar-refractivity contribution in [3.8, 4) is 0 Å². The fourth-order valence-corrected chi connectivity index (χ4v) is 3.56. The summed E-state index contributed by atoms with van der Waals surface area (Å²) >= 11 is 0. The number of fused-ring (bicyclic) bond motifs is 1. The maximum atomic E-state index is 13.7. The number of hydrogen-bond acceptors (Lipinski definition) is 4. The van der Waals surface area contributed by atoms with Gasteiger partial charge in [-0.2, -0.15) is 23.4 Å². The van der Waals surface area contributed by atoms with E-state index in [4.69, 9.17) is 0 Å². The summed E-state index contributed by atoms with van der Waals surface area (Å²) in [5, 5.41) is 13.8. The fourth-order valence-electron chi connectivity index (χ4n) is 3.56. The van der Waals surface area contributed by atoms with E-state index < -0.39 is 24.2 Å². The maximum Gasteiger partial charge on any atom is 0.410 e. The summed E-state index contributed by atoms with van der Waals surface area (Å²) in [7, 11) is 0. The van der Waals surface area contributed by atoms with Crippen LogP contribution in [0.15, 0.2) is 48.8 Å². The molecule has 30 heavy (non-hydrogen) atoms. The minimum Gasteiger partial charge on any atom is -0.363 e. The van der Waals surface area contributed by atoms with Gasteiger partial charge in [-0.25, -0.2) is 4.68 Å². The molecule has 1 amide bonds. The molecule has 7 nitrogen and oxygen atoms in total. The highest BCUT2D eigenvalue weighted by atomic mass is 19.4. The van der Waals surface area contributed by atoms with E-state index in [0.717, 1.165) is 16.7 Å². The molecule has 0 unspecified atom stereocenters. The monoisotopic (exact) mass is 418 g/mol. The molecule has 0 fully saturated rings. The SMILES string of the molecule is CCCn1cc(NC(=O)c2cc3n(n2)[C@H](C(F)(F)F)C[C@@H](c2ccccc2)N3)cn1. The lowest BCUT2D eigenvalue weighted by molar-refractivity contribution is -0.173. The Morgan fingerprint density at radius 1 is 1.30 bits per heavy atom. The molecule has 158 valence electrons. The van der Waals surface area contributed by atoms with E-state index in [1.165, 1.54) is 12.3 Å². The molecule has 0 radical (unpaired) electrons. The second kappa shape index (κ2) is 7.85. The van der Waals surface area contributed by atoms with Gasteiger partial charge >= 0.3 is 6.18 Å². The molecule has 3 heterocycles. The largest absolute Gasteiger partial charge is 0.410 e. The van der Waals surface area contributed by atoms with E-state index in [2.05, 4.69) is 20.8 Å². The molecule has 0 spiro atoms. The molecule has 1 aromatic carbocycles. The van der Waals surface area contributed by atoms with Gasteiger partial charge in [-0.3, -0.25) is 9.48 Å². The third-order valence-electron chi connectivity index (χ3n) is 4.97. The number of anilines is 2. The molecule has 4 rings (SSSR count). The van der Waals surface area contributed by atoms with Crippen LogP contribution in [0.3, 0.4) is 0 Å². The second-order valence-corrected chi connectivity index (χ2v) is 7.21. The van der Waals surface area contributed by atoms with Gasteiger partial charge in [0.1, 0.15) is 5.82 Å². The quantitative estimate of drug-likeness (QED) is 0.644. The van der Waals surface area contributed by atoms with Crippen molar-refractivity contribution < 1.29 is 18.0 Å². The van der Waals surface area contributed by atoms with Crippen molar-refractivity contribution in [2.24, 2.45) is 0 Å². The zero-order valence-electron chi connectivity index (χ0n) is 16.2. The number of hydrogen-bond donors (Lipinski definition) is 2. The van der Waals surface area contributed by atoms with E-state index in [0.29, 0.717) is 12.2 Å². The van der Waals surface area contributed by atoms with Crippen molar-refractivity contribution in [1.82, 2.24) is 19.6 Å². The van der Waals surface area contributed by atoms with Gasteiger partial charge in [0.25, 0.3) is 5.91 Å². The Labute approximate surface area is 170 Å². The molecule has 3 aromatic rings. The van der Waals surface area contributed by atoms with Crippen LogP contribution in [0.2, 0.25) is 0 Å². The Morgan fingerprint density at radius 3 is 2.77 bits per heavy atom. The zero-order chi connectivity index (χ0) is 21.3. The first-order chi connectivity index (χ1) is 14.3. The Balaban J connectivity index is 1.59. The minimum atomic E-state index is -4.50. The first kappa shape index (κ1) is 20.0. The lowest BCUT2D eigenvalue weighted by Crippen LogP contribution is -2.35. The molecule has 1 aliphatic rings. The van der Waals surface area contributed by atoms with Gasteiger partial charge < -0.3 is 10.6 Å². The number of amides is 1. The van der Waals surface area contributed by atoms with Gasteiger partial charge in [-0.05, 0) is 12.0 Å². The number of rotatable bonds is 5. The zero-order valence-corrected chi connectivity index (χ0v) is 16.2. The van der Waals surface area contributed by atoms with Crippen molar-refractivity contribution in [3.63, 3.8) is 0 Å². The van der Waals surface area contributed by atoms with Crippen molar-refractivity contribution in [2.75, 3.05) is 10.6 Å². The topological polar surface area (TPSA) is 76.8 Å². The number of nitrogens with zero attached hydrogens (tertiary/aromatic N) is 4. The first-order valence-corrected chi connectivity index (χ1v) is 9.66. The highest BCUT2D eigenvalue weighted by Crippen LogP contribution is 2.43. The smallest absolute Gasteiger partial charge is 0.363 e. The van der Waals surface area contributed by atoms with E-state index >= 15 is 0 Å². The Kier molecular flexibility index (Phi) is 5.23. The summed E-state index contributed by atoms with van der Waals surface area (Å²) in [5.74, 6) is -0.434. The van der Waals surface area contributed by atoms with Crippen molar-refractivity contribution >= 4 is 17.4 Å². The molecule has 0 bridgehead atoms. The number of nitrogens with one attached hydrogen (secondary N) is 2. The molecular formula is C20H21F3N6O. The van der Waals surface area contributed by atoms with Crippen LogP contribution in [0.5, 0.6) is 0 Å².